The highest BCUT2D eigenvalue weighted by Gasteiger charge is 2.36. The van der Waals surface area contributed by atoms with Gasteiger partial charge in [-0.2, -0.15) is 13.2 Å². The van der Waals surface area contributed by atoms with Crippen LogP contribution in [0, 0.1) is 5.82 Å². The van der Waals surface area contributed by atoms with Gasteiger partial charge < -0.3 is 15.5 Å². The van der Waals surface area contributed by atoms with E-state index in [1.54, 1.807) is 0 Å². The molecule has 0 saturated carbocycles. The molecular weight excluding hydrogens is 294 g/mol. The first-order valence-corrected chi connectivity index (χ1v) is 6.10. The van der Waals surface area contributed by atoms with Crippen molar-refractivity contribution in [2.45, 2.75) is 31.7 Å². The average molecular weight is 309 g/mol. The molecule has 0 fully saturated rings. The lowest BCUT2D eigenvalue weighted by Crippen LogP contribution is -2.28. The lowest BCUT2D eigenvalue weighted by atomic mass is 9.96. The normalized spacial score (nSPS) is 14.6. The zero-order chi connectivity index (χ0) is 16.2. The molecule has 2 unspecified atom stereocenters. The van der Waals surface area contributed by atoms with Gasteiger partial charge in [-0.25, -0.2) is 4.39 Å². The number of aliphatic hydroxyl groups is 2. The number of carbonyl (C=O) groups excluding carboxylic acids is 1. The van der Waals surface area contributed by atoms with Gasteiger partial charge in [-0.05, 0) is 30.2 Å². The number of aliphatic hydroxyl groups excluding tert-OH is 2. The Kier molecular flexibility index (Phi) is 5.68. The number of carbonyl (C=O) groups is 1. The Morgan fingerprint density at radius 2 is 1.95 bits per heavy atom. The second-order valence-corrected chi connectivity index (χ2v) is 4.51. The van der Waals surface area contributed by atoms with Gasteiger partial charge in [-0.1, -0.05) is 0 Å². The van der Waals surface area contributed by atoms with Crippen molar-refractivity contribution in [3.8, 4) is 0 Å². The molecular formula is C13H15F4NO3. The predicted molar refractivity (Wildman–Crippen MR) is 65.7 cm³/mol. The minimum absolute atomic E-state index is 0.0236. The molecule has 118 valence electrons. The van der Waals surface area contributed by atoms with E-state index < -0.39 is 35.3 Å². The van der Waals surface area contributed by atoms with Crippen LogP contribution in [0.5, 0.6) is 0 Å². The summed E-state index contributed by atoms with van der Waals surface area (Å²) in [5.74, 6) is -1.33. The van der Waals surface area contributed by atoms with Crippen molar-refractivity contribution in [2.75, 3.05) is 6.54 Å². The lowest BCUT2D eigenvalue weighted by Gasteiger charge is -2.22. The van der Waals surface area contributed by atoms with Crippen molar-refractivity contribution in [1.82, 2.24) is 5.32 Å². The molecule has 0 aromatic heterocycles. The Morgan fingerprint density at radius 1 is 1.33 bits per heavy atom. The van der Waals surface area contributed by atoms with Crippen molar-refractivity contribution in [1.29, 1.82) is 0 Å². The molecule has 0 saturated heterocycles. The van der Waals surface area contributed by atoms with Gasteiger partial charge in [0.25, 0.3) is 0 Å². The molecule has 1 amide bonds. The number of hydrogen-bond acceptors (Lipinski definition) is 3. The van der Waals surface area contributed by atoms with Crippen LogP contribution in [0.4, 0.5) is 17.6 Å². The predicted octanol–water partition coefficient (Wildman–Crippen LogP) is 1.76. The topological polar surface area (TPSA) is 69.6 Å². The summed E-state index contributed by atoms with van der Waals surface area (Å²) in [6, 6.07) is 1.67. The first-order valence-electron chi connectivity index (χ1n) is 6.10. The van der Waals surface area contributed by atoms with Gasteiger partial charge in [-0.3, -0.25) is 4.79 Å². The summed E-state index contributed by atoms with van der Waals surface area (Å²) in [5, 5.41) is 21.8. The number of hydrogen-bond donors (Lipinski definition) is 3. The van der Waals surface area contributed by atoms with E-state index in [0.29, 0.717) is 18.2 Å². The maximum Gasteiger partial charge on any atom is 0.416 e. The number of amides is 1. The standard InChI is InChI=1S/C13H15F4NO3/c1-7(19)18-5-4-11(20)12(21)9-6-8(14)2-3-10(9)13(15,16)17/h2-3,6,11-12,20-21H,4-5H2,1H3,(H,18,19). The fourth-order valence-electron chi connectivity index (χ4n) is 1.80. The number of rotatable bonds is 5. The minimum Gasteiger partial charge on any atom is -0.390 e. The largest absolute Gasteiger partial charge is 0.416 e. The molecule has 0 spiro atoms. The van der Waals surface area contributed by atoms with Gasteiger partial charge in [0.2, 0.25) is 5.91 Å². The Balaban J connectivity index is 2.92. The van der Waals surface area contributed by atoms with Gasteiger partial charge in [0.1, 0.15) is 11.9 Å². The summed E-state index contributed by atoms with van der Waals surface area (Å²) >= 11 is 0. The van der Waals surface area contributed by atoms with Crippen molar-refractivity contribution in [3.63, 3.8) is 0 Å². The summed E-state index contributed by atoms with van der Waals surface area (Å²) < 4.78 is 51.5. The van der Waals surface area contributed by atoms with Crippen LogP contribution < -0.4 is 5.32 Å². The van der Waals surface area contributed by atoms with Gasteiger partial charge >= 0.3 is 6.18 Å². The lowest BCUT2D eigenvalue weighted by molar-refractivity contribution is -0.140. The van der Waals surface area contributed by atoms with E-state index in [-0.39, 0.29) is 18.9 Å². The Bertz CT molecular complexity index is 505. The van der Waals surface area contributed by atoms with E-state index >= 15 is 0 Å². The molecule has 21 heavy (non-hydrogen) atoms. The summed E-state index contributed by atoms with van der Waals surface area (Å²) in [6.07, 6.45) is -8.43. The van der Waals surface area contributed by atoms with Crippen LogP contribution in [0.1, 0.15) is 30.6 Å². The first kappa shape index (κ1) is 17.4. The highest BCUT2D eigenvalue weighted by Crippen LogP contribution is 2.36. The van der Waals surface area contributed by atoms with E-state index in [2.05, 4.69) is 5.32 Å². The number of alkyl halides is 3. The Hall–Kier alpha value is -1.67. The summed E-state index contributed by atoms with van der Waals surface area (Å²) in [5.41, 5.74) is -1.95. The molecule has 4 nitrogen and oxygen atoms in total. The van der Waals surface area contributed by atoms with E-state index in [0.717, 1.165) is 0 Å². The third-order valence-electron chi connectivity index (χ3n) is 2.82. The highest BCUT2D eigenvalue weighted by molar-refractivity contribution is 5.72. The third-order valence-corrected chi connectivity index (χ3v) is 2.82. The maximum atomic E-state index is 13.1. The van der Waals surface area contributed by atoms with E-state index in [1.807, 2.05) is 0 Å². The van der Waals surface area contributed by atoms with Gasteiger partial charge in [0.05, 0.1) is 11.7 Å². The zero-order valence-corrected chi connectivity index (χ0v) is 11.1. The fraction of sp³-hybridized carbons (Fsp3) is 0.462. The molecule has 0 heterocycles. The monoisotopic (exact) mass is 309 g/mol. The van der Waals surface area contributed by atoms with Crippen molar-refractivity contribution < 1.29 is 32.6 Å². The van der Waals surface area contributed by atoms with Crippen LogP contribution in [0.2, 0.25) is 0 Å². The van der Waals surface area contributed by atoms with Crippen LogP contribution in [-0.2, 0) is 11.0 Å². The molecule has 8 heteroatoms. The number of benzene rings is 1. The van der Waals surface area contributed by atoms with Crippen LogP contribution in [0.25, 0.3) is 0 Å². The van der Waals surface area contributed by atoms with Crippen molar-refractivity contribution in [3.05, 3.63) is 35.1 Å². The van der Waals surface area contributed by atoms with Gasteiger partial charge in [-0.15, -0.1) is 0 Å². The second-order valence-electron chi connectivity index (χ2n) is 4.51. The van der Waals surface area contributed by atoms with Crippen molar-refractivity contribution >= 4 is 5.91 Å². The molecule has 0 radical (unpaired) electrons. The molecule has 0 aliphatic heterocycles. The molecule has 1 aromatic rings. The molecule has 0 bridgehead atoms. The molecule has 1 rings (SSSR count). The molecule has 0 aliphatic carbocycles. The van der Waals surface area contributed by atoms with E-state index in [9.17, 15) is 32.6 Å². The maximum absolute atomic E-state index is 13.1. The third kappa shape index (κ3) is 4.98. The van der Waals surface area contributed by atoms with E-state index in [1.165, 1.54) is 6.92 Å². The second kappa shape index (κ2) is 6.86. The molecule has 2 atom stereocenters. The molecule has 1 aromatic carbocycles. The first-order chi connectivity index (χ1) is 9.62. The average Bonchev–Trinajstić information content (AvgIpc) is 2.35. The van der Waals surface area contributed by atoms with Crippen LogP contribution in [0.3, 0.4) is 0 Å². The molecule has 3 N–H and O–H groups in total. The smallest absolute Gasteiger partial charge is 0.390 e. The number of nitrogens with one attached hydrogen (secondary N) is 1. The molecule has 0 aliphatic rings. The van der Waals surface area contributed by atoms with Crippen LogP contribution in [0.15, 0.2) is 18.2 Å². The van der Waals surface area contributed by atoms with Crippen LogP contribution >= 0.6 is 0 Å². The summed E-state index contributed by atoms with van der Waals surface area (Å²) in [7, 11) is 0. The SMILES string of the molecule is CC(=O)NCCC(O)C(O)c1cc(F)ccc1C(F)(F)F. The van der Waals surface area contributed by atoms with Crippen molar-refractivity contribution in [2.24, 2.45) is 0 Å². The van der Waals surface area contributed by atoms with E-state index in [4.69, 9.17) is 0 Å². The highest BCUT2D eigenvalue weighted by atomic mass is 19.4. The Labute approximate surface area is 118 Å². The van der Waals surface area contributed by atoms with Gasteiger partial charge in [0.15, 0.2) is 0 Å². The van der Waals surface area contributed by atoms with Gasteiger partial charge in [0, 0.05) is 13.5 Å². The quantitative estimate of drug-likeness (QED) is 0.726. The minimum atomic E-state index is -4.78. The number of halogens is 4. The van der Waals surface area contributed by atoms with Crippen LogP contribution in [-0.4, -0.2) is 28.8 Å². The fourth-order valence-corrected chi connectivity index (χ4v) is 1.80. The summed E-state index contributed by atoms with van der Waals surface area (Å²) in [4.78, 5) is 10.6. The summed E-state index contributed by atoms with van der Waals surface area (Å²) in [6.45, 7) is 1.21. The Morgan fingerprint density at radius 3 is 2.48 bits per heavy atom. The zero-order valence-electron chi connectivity index (χ0n) is 11.1.